The van der Waals surface area contributed by atoms with Gasteiger partial charge in [-0.2, -0.15) is 5.10 Å². The lowest BCUT2D eigenvalue weighted by atomic mass is 9.69. The molecule has 0 spiro atoms. The van der Waals surface area contributed by atoms with Gasteiger partial charge in [-0.25, -0.2) is 4.92 Å². The molecule has 5 nitrogen and oxygen atoms in total. The van der Waals surface area contributed by atoms with E-state index < -0.39 is 25.1 Å². The van der Waals surface area contributed by atoms with E-state index in [0.717, 1.165) is 17.1 Å². The van der Waals surface area contributed by atoms with Crippen LogP contribution < -0.4 is 10.2 Å². The van der Waals surface area contributed by atoms with Crippen molar-refractivity contribution in [2.75, 3.05) is 0 Å². The number of hydrazone groups is 1. The Morgan fingerprint density at radius 1 is 1.12 bits per heavy atom. The van der Waals surface area contributed by atoms with Gasteiger partial charge in [0.15, 0.2) is 0 Å². The molecule has 0 unspecified atom stereocenters. The molecule has 0 radical (unpaired) electrons. The number of nitrogens with zero attached hydrogens (tertiary/aromatic N) is 2. The van der Waals surface area contributed by atoms with Gasteiger partial charge in [-0.1, -0.05) is 24.3 Å². The molecule has 0 bridgehead atoms. The second kappa shape index (κ2) is 6.01. The Morgan fingerprint density at radius 3 is 2.46 bits per heavy atom. The Bertz CT molecular complexity index is 793. The summed E-state index contributed by atoms with van der Waals surface area (Å²) in [6.45, 7) is 0. The van der Waals surface area contributed by atoms with Crippen LogP contribution in [0.1, 0.15) is 15.9 Å². The fourth-order valence-electron chi connectivity index (χ4n) is 2.28. The van der Waals surface area contributed by atoms with Crippen LogP contribution in [-0.4, -0.2) is 35.5 Å². The van der Waals surface area contributed by atoms with Gasteiger partial charge in [0.25, 0.3) is 5.91 Å². The van der Waals surface area contributed by atoms with Gasteiger partial charge < -0.3 is 9.76 Å². The number of amides is 1. The highest BCUT2D eigenvalue weighted by atomic mass is 19.4. The summed E-state index contributed by atoms with van der Waals surface area (Å²) in [5.74, 6) is -1.08. The molecular weight excluding hydrogens is 324 g/mol. The molecule has 1 aliphatic heterocycles. The Kier molecular flexibility index (Phi) is 4.02. The molecule has 0 saturated heterocycles. The number of hydrogen-bond donors (Lipinski definition) is 1. The Labute approximate surface area is 135 Å². The van der Waals surface area contributed by atoms with Crippen LogP contribution in [0.25, 0.3) is 0 Å². The summed E-state index contributed by atoms with van der Waals surface area (Å²) in [6, 6.07) is 11.3. The van der Waals surface area contributed by atoms with E-state index in [4.69, 9.17) is 0 Å². The molecule has 3 rings (SSSR count). The quantitative estimate of drug-likeness (QED) is 0.852. The lowest BCUT2D eigenvalue weighted by molar-refractivity contribution is -0.274. The lowest BCUT2D eigenvalue weighted by Crippen LogP contribution is -2.52. The molecule has 0 saturated carbocycles. The topological polar surface area (TPSA) is 62.1 Å². The summed E-state index contributed by atoms with van der Waals surface area (Å²) < 4.78 is 40.1. The van der Waals surface area contributed by atoms with Crippen LogP contribution in [0.5, 0.6) is 5.75 Å². The van der Waals surface area contributed by atoms with Crippen molar-refractivity contribution in [2.45, 2.75) is 6.36 Å². The molecule has 1 heterocycles. The second-order valence-corrected chi connectivity index (χ2v) is 4.97. The van der Waals surface area contributed by atoms with Crippen molar-refractivity contribution in [1.82, 2.24) is 4.92 Å². The van der Waals surface area contributed by atoms with Crippen LogP contribution in [0.3, 0.4) is 0 Å². The van der Waals surface area contributed by atoms with E-state index in [9.17, 15) is 23.0 Å². The molecule has 9 heteroatoms. The Hall–Kier alpha value is -2.81. The third-order valence-electron chi connectivity index (χ3n) is 3.37. The number of carbonyl (C=O) groups is 1. The van der Waals surface area contributed by atoms with Crippen LogP contribution in [0.4, 0.5) is 13.2 Å². The van der Waals surface area contributed by atoms with E-state index in [1.165, 1.54) is 18.3 Å². The molecular formula is C15H10BF3N2O3. The van der Waals surface area contributed by atoms with Crippen LogP contribution in [-0.2, 0) is 0 Å². The summed E-state index contributed by atoms with van der Waals surface area (Å²) in [4.78, 5) is 13.3. The van der Waals surface area contributed by atoms with Gasteiger partial charge in [0.2, 0.25) is 0 Å². The van der Waals surface area contributed by atoms with E-state index in [2.05, 4.69) is 9.84 Å². The first-order chi connectivity index (χ1) is 11.3. The average Bonchev–Trinajstić information content (AvgIpc) is 2.54. The molecule has 122 valence electrons. The first-order valence-corrected chi connectivity index (χ1v) is 6.85. The van der Waals surface area contributed by atoms with E-state index in [1.807, 2.05) is 0 Å². The van der Waals surface area contributed by atoms with Gasteiger partial charge in [-0.3, -0.25) is 4.79 Å². The first-order valence-electron chi connectivity index (χ1n) is 6.85. The highest BCUT2D eigenvalue weighted by Gasteiger charge is 2.34. The van der Waals surface area contributed by atoms with Gasteiger partial charge in [-0.05, 0) is 35.3 Å². The zero-order valence-electron chi connectivity index (χ0n) is 12.1. The number of hydrogen-bond acceptors (Lipinski definition) is 4. The van der Waals surface area contributed by atoms with Gasteiger partial charge in [0, 0.05) is 5.56 Å². The maximum atomic E-state index is 12.4. The summed E-state index contributed by atoms with van der Waals surface area (Å²) in [6.07, 6.45) is -3.37. The Balaban J connectivity index is 1.80. The summed E-state index contributed by atoms with van der Waals surface area (Å²) >= 11 is 0. The van der Waals surface area contributed by atoms with Crippen molar-refractivity contribution in [1.29, 1.82) is 0 Å². The van der Waals surface area contributed by atoms with Gasteiger partial charge >= 0.3 is 13.4 Å². The molecule has 2 aromatic rings. The number of rotatable bonds is 2. The fourth-order valence-corrected chi connectivity index (χ4v) is 2.28. The molecule has 0 fully saturated rings. The third-order valence-corrected chi connectivity index (χ3v) is 3.37. The number of fused-ring (bicyclic) bond motifs is 1. The molecule has 0 aliphatic carbocycles. The van der Waals surface area contributed by atoms with Crippen LogP contribution in [0.15, 0.2) is 53.6 Å². The molecule has 1 N–H and O–H groups in total. The van der Waals surface area contributed by atoms with Crippen molar-refractivity contribution in [3.8, 4) is 5.75 Å². The minimum Gasteiger partial charge on any atom is -0.427 e. The zero-order chi connectivity index (χ0) is 17.3. The van der Waals surface area contributed by atoms with Gasteiger partial charge in [0.1, 0.15) is 5.75 Å². The predicted octanol–water partition coefficient (Wildman–Crippen LogP) is 1.76. The van der Waals surface area contributed by atoms with Crippen molar-refractivity contribution < 1.29 is 27.7 Å². The first kappa shape index (κ1) is 16.1. The largest absolute Gasteiger partial charge is 0.573 e. The van der Waals surface area contributed by atoms with Gasteiger partial charge in [0.05, 0.1) is 6.21 Å². The van der Waals surface area contributed by atoms with Crippen molar-refractivity contribution in [3.05, 3.63) is 59.7 Å². The average molecular weight is 334 g/mol. The lowest BCUT2D eigenvalue weighted by Gasteiger charge is -2.24. The zero-order valence-corrected chi connectivity index (χ0v) is 12.1. The smallest absolute Gasteiger partial charge is 0.427 e. The molecule has 0 aromatic heterocycles. The molecule has 1 amide bonds. The number of carbonyl (C=O) groups excluding carboxylic acids is 1. The van der Waals surface area contributed by atoms with Crippen LogP contribution in [0, 0.1) is 0 Å². The predicted molar refractivity (Wildman–Crippen MR) is 80.9 cm³/mol. The highest BCUT2D eigenvalue weighted by molar-refractivity contribution is 6.68. The highest BCUT2D eigenvalue weighted by Crippen LogP contribution is 2.23. The van der Waals surface area contributed by atoms with E-state index in [-0.39, 0.29) is 5.56 Å². The van der Waals surface area contributed by atoms with E-state index in [1.54, 1.807) is 24.3 Å². The molecule has 2 aromatic carbocycles. The fraction of sp³-hybridized carbons (Fsp3) is 0.0667. The molecule has 1 aliphatic rings. The second-order valence-electron chi connectivity index (χ2n) is 4.97. The normalized spacial score (nSPS) is 13.7. The summed E-state index contributed by atoms with van der Waals surface area (Å²) in [5.41, 5.74) is 1.26. The van der Waals surface area contributed by atoms with Crippen molar-refractivity contribution >= 4 is 24.6 Å². The number of benzene rings is 2. The number of alkyl halides is 3. The van der Waals surface area contributed by atoms with Crippen molar-refractivity contribution in [3.63, 3.8) is 0 Å². The van der Waals surface area contributed by atoms with Crippen molar-refractivity contribution in [2.24, 2.45) is 5.10 Å². The Morgan fingerprint density at radius 2 is 1.79 bits per heavy atom. The van der Waals surface area contributed by atoms with E-state index in [0.29, 0.717) is 11.0 Å². The van der Waals surface area contributed by atoms with Crippen LogP contribution in [0.2, 0.25) is 0 Å². The number of halogens is 3. The summed E-state index contributed by atoms with van der Waals surface area (Å²) in [7, 11) is -1.27. The molecule has 24 heavy (non-hydrogen) atoms. The van der Waals surface area contributed by atoms with E-state index >= 15 is 0 Å². The maximum Gasteiger partial charge on any atom is 0.573 e. The summed E-state index contributed by atoms with van der Waals surface area (Å²) in [5, 5.41) is 14.2. The molecule has 0 atom stereocenters. The minimum absolute atomic E-state index is 0.0695. The third kappa shape index (κ3) is 3.25. The van der Waals surface area contributed by atoms with Gasteiger partial charge in [-0.15, -0.1) is 13.2 Å². The monoisotopic (exact) mass is 334 g/mol. The minimum atomic E-state index is -4.80. The standard InChI is InChI=1S/C15H10BF3N2O3/c17-15(18,19)24-12-7-5-10(6-8-12)14(22)21-16(23)13-4-2-1-3-11(13)9-20-21/h1-9,23H. The maximum absolute atomic E-state index is 12.4. The number of ether oxygens (including phenoxy) is 1. The SMILES string of the molecule is O=C(c1ccc(OC(F)(F)F)cc1)N1N=Cc2ccccc2B1O. The van der Waals surface area contributed by atoms with Crippen LogP contribution >= 0.6 is 0 Å².